The number of aryl methyl sites for hydroxylation is 2. The van der Waals surface area contributed by atoms with E-state index in [4.69, 9.17) is 0 Å². The predicted octanol–water partition coefficient (Wildman–Crippen LogP) is 3.07. The fourth-order valence-electron chi connectivity index (χ4n) is 4.20. The fraction of sp³-hybridized carbons (Fsp3) is 0.409. The standard InChI is InChI=1S/C22H23F2N5O2/c1-13-17(14(2)29-22(27-13)25-12-26-29)4-6-20(30)28-9-7-15(8-10-28)21(31)18-11-16(23)3-5-19(18)24/h3,5,11-12,15H,4,6-10H2,1-2H3. The summed E-state index contributed by atoms with van der Waals surface area (Å²) in [7, 11) is 0. The molecule has 1 aromatic carbocycles. The molecule has 1 fully saturated rings. The van der Waals surface area contributed by atoms with Gasteiger partial charge in [-0.25, -0.2) is 18.3 Å². The van der Waals surface area contributed by atoms with Gasteiger partial charge in [-0.1, -0.05) is 0 Å². The largest absolute Gasteiger partial charge is 0.343 e. The van der Waals surface area contributed by atoms with Crippen molar-refractivity contribution in [3.8, 4) is 0 Å². The van der Waals surface area contributed by atoms with Crippen LogP contribution >= 0.6 is 0 Å². The molecule has 0 radical (unpaired) electrons. The Labute approximate surface area is 178 Å². The molecule has 0 unspecified atom stereocenters. The molecule has 1 amide bonds. The Morgan fingerprint density at radius 3 is 2.65 bits per heavy atom. The molecule has 0 spiro atoms. The second-order valence-corrected chi connectivity index (χ2v) is 7.88. The second kappa shape index (κ2) is 8.49. The van der Waals surface area contributed by atoms with Crippen LogP contribution in [0.3, 0.4) is 0 Å². The van der Waals surface area contributed by atoms with E-state index in [9.17, 15) is 18.4 Å². The highest BCUT2D eigenvalue weighted by atomic mass is 19.1. The Morgan fingerprint density at radius 2 is 1.90 bits per heavy atom. The normalized spacial score (nSPS) is 14.9. The summed E-state index contributed by atoms with van der Waals surface area (Å²) in [5, 5.41) is 4.16. The highest BCUT2D eigenvalue weighted by molar-refractivity contribution is 5.98. The Kier molecular flexibility index (Phi) is 5.75. The van der Waals surface area contributed by atoms with E-state index in [0.717, 1.165) is 35.2 Å². The van der Waals surface area contributed by atoms with E-state index < -0.39 is 23.3 Å². The monoisotopic (exact) mass is 427 g/mol. The number of piperidine rings is 1. The molecular weight excluding hydrogens is 404 g/mol. The lowest BCUT2D eigenvalue weighted by Crippen LogP contribution is -2.40. The number of halogens is 2. The highest BCUT2D eigenvalue weighted by Crippen LogP contribution is 2.24. The lowest BCUT2D eigenvalue weighted by atomic mass is 9.88. The minimum absolute atomic E-state index is 0.000298. The van der Waals surface area contributed by atoms with E-state index in [0.29, 0.717) is 44.6 Å². The first-order valence-electron chi connectivity index (χ1n) is 10.3. The molecule has 3 aromatic rings. The van der Waals surface area contributed by atoms with Crippen LogP contribution in [0.5, 0.6) is 0 Å². The van der Waals surface area contributed by atoms with Crippen LogP contribution in [0.25, 0.3) is 5.78 Å². The summed E-state index contributed by atoms with van der Waals surface area (Å²) < 4.78 is 29.0. The number of Topliss-reactive ketones (excluding diaryl/α,β-unsaturated/α-hetero) is 1. The maximum Gasteiger partial charge on any atom is 0.252 e. The van der Waals surface area contributed by atoms with Crippen LogP contribution in [0, 0.1) is 31.4 Å². The molecule has 0 atom stereocenters. The first-order chi connectivity index (χ1) is 14.8. The first-order valence-corrected chi connectivity index (χ1v) is 10.3. The second-order valence-electron chi connectivity index (χ2n) is 7.88. The predicted molar refractivity (Wildman–Crippen MR) is 109 cm³/mol. The van der Waals surface area contributed by atoms with Gasteiger partial charge in [0.05, 0.1) is 5.56 Å². The van der Waals surface area contributed by atoms with Gasteiger partial charge in [-0.05, 0) is 56.9 Å². The van der Waals surface area contributed by atoms with Gasteiger partial charge in [0.25, 0.3) is 5.78 Å². The van der Waals surface area contributed by atoms with Gasteiger partial charge in [0.1, 0.15) is 18.0 Å². The molecular formula is C22H23F2N5O2. The lowest BCUT2D eigenvalue weighted by Gasteiger charge is -2.31. The fourth-order valence-corrected chi connectivity index (χ4v) is 4.20. The topological polar surface area (TPSA) is 80.5 Å². The molecule has 31 heavy (non-hydrogen) atoms. The van der Waals surface area contributed by atoms with Crippen molar-refractivity contribution in [2.75, 3.05) is 13.1 Å². The number of fused-ring (bicyclic) bond motifs is 1. The van der Waals surface area contributed by atoms with Crippen molar-refractivity contribution in [3.63, 3.8) is 0 Å². The number of carbonyl (C=O) groups excluding carboxylic acids is 2. The smallest absolute Gasteiger partial charge is 0.252 e. The van der Waals surface area contributed by atoms with Gasteiger partial charge in [-0.2, -0.15) is 10.1 Å². The number of carbonyl (C=O) groups is 2. The van der Waals surface area contributed by atoms with E-state index in [1.807, 2.05) is 13.8 Å². The highest BCUT2D eigenvalue weighted by Gasteiger charge is 2.29. The number of benzene rings is 1. The molecule has 0 N–H and O–H groups in total. The molecule has 4 rings (SSSR count). The molecule has 7 nitrogen and oxygen atoms in total. The van der Waals surface area contributed by atoms with E-state index >= 15 is 0 Å². The van der Waals surface area contributed by atoms with Crippen molar-refractivity contribution in [2.45, 2.75) is 39.5 Å². The van der Waals surface area contributed by atoms with Crippen LogP contribution in [0.2, 0.25) is 0 Å². The minimum atomic E-state index is -0.714. The Balaban J connectivity index is 1.36. The van der Waals surface area contributed by atoms with Gasteiger partial charge < -0.3 is 4.90 Å². The molecule has 0 bridgehead atoms. The number of ketones is 1. The maximum atomic E-state index is 13.9. The van der Waals surface area contributed by atoms with Gasteiger partial charge in [0, 0.05) is 36.8 Å². The zero-order valence-electron chi connectivity index (χ0n) is 17.4. The van der Waals surface area contributed by atoms with Crippen LogP contribution in [-0.2, 0) is 11.2 Å². The number of hydrogen-bond donors (Lipinski definition) is 0. The van der Waals surface area contributed by atoms with Crippen molar-refractivity contribution in [1.82, 2.24) is 24.5 Å². The van der Waals surface area contributed by atoms with Crippen LogP contribution in [-0.4, -0.2) is 49.3 Å². The quantitative estimate of drug-likeness (QED) is 0.585. The van der Waals surface area contributed by atoms with Gasteiger partial charge in [-0.15, -0.1) is 0 Å². The van der Waals surface area contributed by atoms with Crippen molar-refractivity contribution in [3.05, 3.63) is 58.7 Å². The molecule has 9 heteroatoms. The number of amides is 1. The molecule has 2 aromatic heterocycles. The summed E-state index contributed by atoms with van der Waals surface area (Å²) in [5.41, 5.74) is 2.49. The summed E-state index contributed by atoms with van der Waals surface area (Å²) in [4.78, 5) is 35.6. The number of nitrogens with zero attached hydrogens (tertiary/aromatic N) is 5. The van der Waals surface area contributed by atoms with Crippen molar-refractivity contribution in [2.24, 2.45) is 5.92 Å². The maximum absolute atomic E-state index is 13.9. The molecule has 162 valence electrons. The third-order valence-electron chi connectivity index (χ3n) is 5.99. The summed E-state index contributed by atoms with van der Waals surface area (Å²) in [6.07, 6.45) is 3.17. The molecule has 0 saturated carbocycles. The van der Waals surface area contributed by atoms with E-state index in [1.54, 1.807) is 9.42 Å². The summed E-state index contributed by atoms with van der Waals surface area (Å²) in [5.74, 6) is -1.63. The summed E-state index contributed by atoms with van der Waals surface area (Å²) in [6.45, 7) is 4.66. The van der Waals surface area contributed by atoms with Crippen LogP contribution in [0.1, 0.15) is 46.6 Å². The van der Waals surface area contributed by atoms with Crippen LogP contribution < -0.4 is 0 Å². The number of aromatic nitrogens is 4. The van der Waals surface area contributed by atoms with Crippen molar-refractivity contribution in [1.29, 1.82) is 0 Å². The minimum Gasteiger partial charge on any atom is -0.343 e. The SMILES string of the molecule is Cc1nc2ncnn2c(C)c1CCC(=O)N1CCC(C(=O)c2cc(F)ccc2F)CC1. The average molecular weight is 427 g/mol. The van der Waals surface area contributed by atoms with E-state index in [-0.39, 0.29) is 11.5 Å². The van der Waals surface area contributed by atoms with E-state index in [1.165, 1.54) is 6.33 Å². The Morgan fingerprint density at radius 1 is 1.16 bits per heavy atom. The van der Waals surface area contributed by atoms with E-state index in [2.05, 4.69) is 15.1 Å². The lowest BCUT2D eigenvalue weighted by molar-refractivity contribution is -0.132. The van der Waals surface area contributed by atoms with Crippen molar-refractivity contribution >= 4 is 17.5 Å². The third kappa shape index (κ3) is 4.17. The van der Waals surface area contributed by atoms with Crippen LogP contribution in [0.4, 0.5) is 8.78 Å². The number of hydrogen-bond acceptors (Lipinski definition) is 5. The molecule has 1 aliphatic heterocycles. The molecule has 1 aliphatic rings. The average Bonchev–Trinajstić information content (AvgIpc) is 3.23. The van der Waals surface area contributed by atoms with Crippen molar-refractivity contribution < 1.29 is 18.4 Å². The zero-order chi connectivity index (χ0) is 22.1. The zero-order valence-corrected chi connectivity index (χ0v) is 17.4. The third-order valence-corrected chi connectivity index (χ3v) is 5.99. The van der Waals surface area contributed by atoms with Gasteiger partial charge in [0.15, 0.2) is 5.78 Å². The summed E-state index contributed by atoms with van der Waals surface area (Å²) >= 11 is 0. The number of rotatable bonds is 5. The summed E-state index contributed by atoms with van der Waals surface area (Å²) in [6, 6.07) is 2.91. The van der Waals surface area contributed by atoms with Gasteiger partial charge in [-0.3, -0.25) is 9.59 Å². The van der Waals surface area contributed by atoms with Crippen LogP contribution in [0.15, 0.2) is 24.5 Å². The van der Waals surface area contributed by atoms with Gasteiger partial charge in [0.2, 0.25) is 5.91 Å². The number of likely N-dealkylation sites (tertiary alicyclic amines) is 1. The van der Waals surface area contributed by atoms with Gasteiger partial charge >= 0.3 is 0 Å². The molecule has 3 heterocycles. The first kappa shape index (κ1) is 21.0. The molecule has 0 aliphatic carbocycles. The Hall–Kier alpha value is -3.23. The molecule has 1 saturated heterocycles. The Bertz CT molecular complexity index is 1150.